The standard InChI is InChI=1S/C13H17IN2/c14-11-3-5-12(6-4-11)16-8-10-2-1-7-15-13(10)9-16/h3-6,10,13,15H,1-2,7-9H2. The normalized spacial score (nSPS) is 29.2. The smallest absolute Gasteiger partial charge is 0.0367 e. The van der Waals surface area contributed by atoms with Gasteiger partial charge >= 0.3 is 0 Å². The second-order valence-electron chi connectivity index (χ2n) is 4.84. The highest BCUT2D eigenvalue weighted by atomic mass is 127. The van der Waals surface area contributed by atoms with Crippen LogP contribution < -0.4 is 10.2 Å². The van der Waals surface area contributed by atoms with E-state index in [1.54, 1.807) is 0 Å². The van der Waals surface area contributed by atoms with Gasteiger partial charge in [-0.2, -0.15) is 0 Å². The summed E-state index contributed by atoms with van der Waals surface area (Å²) in [6, 6.07) is 9.63. The van der Waals surface area contributed by atoms with Crippen molar-refractivity contribution < 1.29 is 0 Å². The summed E-state index contributed by atoms with van der Waals surface area (Å²) < 4.78 is 1.32. The van der Waals surface area contributed by atoms with E-state index < -0.39 is 0 Å². The molecule has 1 aromatic carbocycles. The molecule has 0 aromatic heterocycles. The molecule has 2 aliphatic heterocycles. The fourth-order valence-electron chi connectivity index (χ4n) is 2.91. The maximum Gasteiger partial charge on any atom is 0.0367 e. The average Bonchev–Trinajstić information content (AvgIpc) is 2.73. The molecule has 0 amide bonds. The predicted molar refractivity (Wildman–Crippen MR) is 75.9 cm³/mol. The first kappa shape index (κ1) is 10.8. The molecule has 2 fully saturated rings. The zero-order chi connectivity index (χ0) is 11.0. The van der Waals surface area contributed by atoms with Crippen LogP contribution in [0.4, 0.5) is 5.69 Å². The fourth-order valence-corrected chi connectivity index (χ4v) is 3.27. The van der Waals surface area contributed by atoms with Crippen molar-refractivity contribution in [3.05, 3.63) is 27.8 Å². The number of nitrogens with zero attached hydrogens (tertiary/aromatic N) is 1. The van der Waals surface area contributed by atoms with E-state index in [2.05, 4.69) is 57.1 Å². The number of fused-ring (bicyclic) bond motifs is 1. The molecule has 0 radical (unpaired) electrons. The average molecular weight is 328 g/mol. The Morgan fingerprint density at radius 3 is 2.75 bits per heavy atom. The van der Waals surface area contributed by atoms with Gasteiger partial charge in [-0.1, -0.05) is 0 Å². The number of rotatable bonds is 1. The molecule has 1 aromatic rings. The Labute approximate surface area is 111 Å². The number of anilines is 1. The van der Waals surface area contributed by atoms with Gasteiger partial charge in [-0.25, -0.2) is 0 Å². The molecule has 2 unspecified atom stereocenters. The van der Waals surface area contributed by atoms with Gasteiger partial charge in [0.1, 0.15) is 0 Å². The van der Waals surface area contributed by atoms with Crippen LogP contribution >= 0.6 is 22.6 Å². The molecule has 3 rings (SSSR count). The predicted octanol–water partition coefficient (Wildman–Crippen LogP) is 2.48. The first-order valence-electron chi connectivity index (χ1n) is 6.07. The van der Waals surface area contributed by atoms with Gasteiger partial charge in [0.15, 0.2) is 0 Å². The van der Waals surface area contributed by atoms with Crippen molar-refractivity contribution in [3.63, 3.8) is 0 Å². The van der Waals surface area contributed by atoms with Crippen molar-refractivity contribution in [2.45, 2.75) is 18.9 Å². The zero-order valence-corrected chi connectivity index (χ0v) is 11.5. The number of piperidine rings is 1. The molecule has 86 valence electrons. The second-order valence-corrected chi connectivity index (χ2v) is 6.09. The summed E-state index contributed by atoms with van der Waals surface area (Å²) in [6.45, 7) is 3.63. The van der Waals surface area contributed by atoms with Crippen molar-refractivity contribution in [2.24, 2.45) is 5.92 Å². The molecule has 16 heavy (non-hydrogen) atoms. The van der Waals surface area contributed by atoms with Crippen LogP contribution in [0, 0.1) is 9.49 Å². The number of nitrogens with one attached hydrogen (secondary N) is 1. The van der Waals surface area contributed by atoms with Gasteiger partial charge in [0.25, 0.3) is 0 Å². The Morgan fingerprint density at radius 2 is 2.00 bits per heavy atom. The number of hydrogen-bond acceptors (Lipinski definition) is 2. The third-order valence-corrected chi connectivity index (χ3v) is 4.51. The van der Waals surface area contributed by atoms with Gasteiger partial charge in [0.05, 0.1) is 0 Å². The van der Waals surface area contributed by atoms with E-state index in [4.69, 9.17) is 0 Å². The maximum atomic E-state index is 3.65. The van der Waals surface area contributed by atoms with E-state index in [1.165, 1.54) is 41.7 Å². The molecule has 2 nitrogen and oxygen atoms in total. The summed E-state index contributed by atoms with van der Waals surface area (Å²) in [5.74, 6) is 0.869. The molecule has 1 N–H and O–H groups in total. The molecule has 0 aliphatic carbocycles. The lowest BCUT2D eigenvalue weighted by molar-refractivity contribution is 0.340. The van der Waals surface area contributed by atoms with Crippen LogP contribution in [0.15, 0.2) is 24.3 Å². The first-order chi connectivity index (χ1) is 7.83. The second kappa shape index (κ2) is 4.53. The molecular weight excluding hydrogens is 311 g/mol. The van der Waals surface area contributed by atoms with Crippen LogP contribution in [0.1, 0.15) is 12.8 Å². The van der Waals surface area contributed by atoms with Crippen molar-refractivity contribution in [3.8, 4) is 0 Å². The zero-order valence-electron chi connectivity index (χ0n) is 9.32. The highest BCUT2D eigenvalue weighted by molar-refractivity contribution is 14.1. The summed E-state index contributed by atoms with van der Waals surface area (Å²) in [6.07, 6.45) is 2.75. The van der Waals surface area contributed by atoms with Gasteiger partial charge in [0, 0.05) is 28.4 Å². The molecular formula is C13H17IN2. The van der Waals surface area contributed by atoms with Crippen LogP contribution in [-0.2, 0) is 0 Å². The van der Waals surface area contributed by atoms with Crippen LogP contribution in [-0.4, -0.2) is 25.7 Å². The third-order valence-electron chi connectivity index (χ3n) is 3.79. The first-order valence-corrected chi connectivity index (χ1v) is 7.15. The molecule has 2 saturated heterocycles. The van der Waals surface area contributed by atoms with Crippen LogP contribution in [0.2, 0.25) is 0 Å². The molecule has 2 heterocycles. The van der Waals surface area contributed by atoms with E-state index >= 15 is 0 Å². The van der Waals surface area contributed by atoms with Crippen LogP contribution in [0.3, 0.4) is 0 Å². The maximum absolute atomic E-state index is 3.65. The monoisotopic (exact) mass is 328 g/mol. The van der Waals surface area contributed by atoms with Gasteiger partial charge in [-0.05, 0) is 72.2 Å². The Kier molecular flexibility index (Phi) is 3.07. The van der Waals surface area contributed by atoms with Gasteiger partial charge < -0.3 is 10.2 Å². The van der Waals surface area contributed by atoms with E-state index in [-0.39, 0.29) is 0 Å². The lowest BCUT2D eigenvalue weighted by Gasteiger charge is -2.24. The summed E-state index contributed by atoms with van der Waals surface area (Å²) >= 11 is 2.36. The number of benzene rings is 1. The highest BCUT2D eigenvalue weighted by Crippen LogP contribution is 2.29. The molecule has 3 heteroatoms. The summed E-state index contributed by atoms with van der Waals surface area (Å²) in [5.41, 5.74) is 1.39. The van der Waals surface area contributed by atoms with Gasteiger partial charge in [-0.15, -0.1) is 0 Å². The summed E-state index contributed by atoms with van der Waals surface area (Å²) in [4.78, 5) is 2.53. The van der Waals surface area contributed by atoms with E-state index in [0.717, 1.165) is 12.0 Å². The molecule has 0 bridgehead atoms. The highest BCUT2D eigenvalue weighted by Gasteiger charge is 2.34. The van der Waals surface area contributed by atoms with Gasteiger partial charge in [0.2, 0.25) is 0 Å². The third kappa shape index (κ3) is 2.07. The summed E-state index contributed by atoms with van der Waals surface area (Å²) in [5, 5.41) is 3.65. The SMILES string of the molecule is Ic1ccc(N2CC3CCCNC3C2)cc1. The molecule has 2 atom stereocenters. The minimum atomic E-state index is 0.730. The van der Waals surface area contributed by atoms with Crippen LogP contribution in [0.5, 0.6) is 0 Å². The molecule has 0 spiro atoms. The Balaban J connectivity index is 1.75. The summed E-state index contributed by atoms with van der Waals surface area (Å²) in [7, 11) is 0. The Bertz CT molecular complexity index is 349. The van der Waals surface area contributed by atoms with Crippen molar-refractivity contribution in [1.82, 2.24) is 5.32 Å². The quantitative estimate of drug-likeness (QED) is 0.797. The van der Waals surface area contributed by atoms with E-state index in [0.29, 0.717) is 0 Å². The fraction of sp³-hybridized carbons (Fsp3) is 0.538. The topological polar surface area (TPSA) is 15.3 Å². The largest absolute Gasteiger partial charge is 0.370 e. The molecule has 2 aliphatic rings. The number of hydrogen-bond donors (Lipinski definition) is 1. The minimum Gasteiger partial charge on any atom is -0.370 e. The van der Waals surface area contributed by atoms with Crippen molar-refractivity contribution in [2.75, 3.05) is 24.5 Å². The lowest BCUT2D eigenvalue weighted by Crippen LogP contribution is -2.40. The Morgan fingerprint density at radius 1 is 1.19 bits per heavy atom. The molecule has 0 saturated carbocycles. The van der Waals surface area contributed by atoms with Crippen LogP contribution in [0.25, 0.3) is 0 Å². The lowest BCUT2D eigenvalue weighted by atomic mass is 9.94. The van der Waals surface area contributed by atoms with Crippen molar-refractivity contribution in [1.29, 1.82) is 0 Å². The van der Waals surface area contributed by atoms with Crippen molar-refractivity contribution >= 4 is 28.3 Å². The Hall–Kier alpha value is -0.290. The van der Waals surface area contributed by atoms with E-state index in [1.807, 2.05) is 0 Å². The number of halogens is 1. The van der Waals surface area contributed by atoms with E-state index in [9.17, 15) is 0 Å². The van der Waals surface area contributed by atoms with Gasteiger partial charge in [-0.3, -0.25) is 0 Å². The minimum absolute atomic E-state index is 0.730.